The summed E-state index contributed by atoms with van der Waals surface area (Å²) in [6, 6.07) is 6.20. The number of halogens is 4. The van der Waals surface area contributed by atoms with Gasteiger partial charge < -0.3 is 20.3 Å². The van der Waals surface area contributed by atoms with Gasteiger partial charge in [-0.2, -0.15) is 13.2 Å². The number of carboxylic acids is 1. The average Bonchev–Trinajstić information content (AvgIpc) is 2.70. The summed E-state index contributed by atoms with van der Waals surface area (Å²) in [5.74, 6) is -0.400. The van der Waals surface area contributed by atoms with Gasteiger partial charge in [-0.25, -0.2) is 4.79 Å². The first kappa shape index (κ1) is 23.4. The molecule has 1 aromatic carbocycles. The molecule has 0 heterocycles. The Hall–Kier alpha value is -2.23. The van der Waals surface area contributed by atoms with Gasteiger partial charge in [-0.05, 0) is 68.9 Å². The smallest absolute Gasteiger partial charge is 0.417 e. The van der Waals surface area contributed by atoms with E-state index in [1.807, 2.05) is 0 Å². The van der Waals surface area contributed by atoms with Gasteiger partial charge in [0.2, 0.25) is 0 Å². The Morgan fingerprint density at radius 3 is 2.35 bits per heavy atom. The molecule has 0 aliphatic heterocycles. The molecule has 1 unspecified atom stereocenters. The number of aliphatic hydroxyl groups is 1. The summed E-state index contributed by atoms with van der Waals surface area (Å²) < 4.78 is 44.9. The van der Waals surface area contributed by atoms with Gasteiger partial charge in [0.25, 0.3) is 0 Å². The fourth-order valence-electron chi connectivity index (χ4n) is 3.71. The first-order valence-electron chi connectivity index (χ1n) is 9.99. The molecule has 2 aliphatic carbocycles. The summed E-state index contributed by atoms with van der Waals surface area (Å²) >= 11 is 5.69. The van der Waals surface area contributed by atoms with Crippen molar-refractivity contribution in [3.63, 3.8) is 0 Å². The number of carboxylic acid groups (broad SMARTS) is 1. The van der Waals surface area contributed by atoms with Crippen molar-refractivity contribution >= 4 is 17.6 Å². The number of ether oxygens (including phenoxy) is 1. The highest BCUT2D eigenvalue weighted by molar-refractivity contribution is 6.30. The molecule has 170 valence electrons. The number of benzene rings is 1. The Balaban J connectivity index is 1.45. The van der Waals surface area contributed by atoms with E-state index < -0.39 is 24.1 Å². The topological polar surface area (TPSA) is 90.8 Å². The fraction of sp³-hybridized carbons (Fsp3) is 0.476. The zero-order chi connectivity index (χ0) is 22.6. The molecule has 6 nitrogen and oxygen atoms in total. The first-order chi connectivity index (χ1) is 14.6. The van der Waals surface area contributed by atoms with Crippen LogP contribution in [0.15, 0.2) is 46.6 Å². The number of rotatable bonds is 7. The maximum atomic E-state index is 13.0. The van der Waals surface area contributed by atoms with Crippen LogP contribution in [0, 0.1) is 0 Å². The van der Waals surface area contributed by atoms with Crippen molar-refractivity contribution < 1.29 is 32.9 Å². The molecule has 10 heteroatoms. The summed E-state index contributed by atoms with van der Waals surface area (Å²) in [5.41, 5.74) is -0.419. The molecule has 31 heavy (non-hydrogen) atoms. The highest BCUT2D eigenvalue weighted by atomic mass is 35.5. The van der Waals surface area contributed by atoms with Crippen molar-refractivity contribution in [2.45, 2.75) is 63.2 Å². The Morgan fingerprint density at radius 2 is 1.77 bits per heavy atom. The van der Waals surface area contributed by atoms with E-state index in [-0.39, 0.29) is 34.9 Å². The van der Waals surface area contributed by atoms with Gasteiger partial charge in [-0.1, -0.05) is 11.6 Å². The second-order valence-electron chi connectivity index (χ2n) is 7.62. The molecule has 0 saturated heterocycles. The Labute approximate surface area is 182 Å². The maximum absolute atomic E-state index is 13.0. The van der Waals surface area contributed by atoms with Crippen LogP contribution < -0.4 is 15.4 Å². The third-order valence-electron chi connectivity index (χ3n) is 5.32. The molecule has 0 bridgehead atoms. The van der Waals surface area contributed by atoms with E-state index in [4.69, 9.17) is 21.4 Å². The number of aliphatic hydroxyl groups excluding tert-OH is 1. The van der Waals surface area contributed by atoms with Gasteiger partial charge in [-0.3, -0.25) is 5.32 Å². The number of alkyl halides is 3. The highest BCUT2D eigenvalue weighted by Gasteiger charge is 2.36. The van der Waals surface area contributed by atoms with Gasteiger partial charge in [0.05, 0.1) is 17.2 Å². The molecule has 1 aromatic rings. The molecule has 0 aromatic heterocycles. The monoisotopic (exact) mass is 460 g/mol. The summed E-state index contributed by atoms with van der Waals surface area (Å²) in [6.07, 6.45) is -1.55. The van der Waals surface area contributed by atoms with Gasteiger partial charge in [0, 0.05) is 16.8 Å². The molecule has 2 aliphatic rings. The highest BCUT2D eigenvalue weighted by Crippen LogP contribution is 2.36. The van der Waals surface area contributed by atoms with Crippen LogP contribution in [0.5, 0.6) is 5.75 Å². The third kappa shape index (κ3) is 6.62. The molecule has 4 N–H and O–H groups in total. The molecule has 1 atom stereocenters. The largest absolute Gasteiger partial charge is 0.490 e. The van der Waals surface area contributed by atoms with Crippen LogP contribution in [0.25, 0.3) is 0 Å². The van der Waals surface area contributed by atoms with Crippen molar-refractivity contribution in [2.75, 3.05) is 0 Å². The Bertz CT molecular complexity index is 847. The zero-order valence-corrected chi connectivity index (χ0v) is 17.3. The van der Waals surface area contributed by atoms with Crippen molar-refractivity contribution in [1.82, 2.24) is 10.6 Å². The number of hydrogen-bond donors (Lipinski definition) is 4. The normalized spacial score (nSPS) is 23.2. The SMILES string of the molecule is O=C(O)c1ccc(OC2CCC(NC(O)NC3=CC(C(F)(F)F)=C(Cl)CC3)CC2)cc1. The van der Waals surface area contributed by atoms with Gasteiger partial charge >= 0.3 is 12.1 Å². The van der Waals surface area contributed by atoms with Crippen LogP contribution in [-0.4, -0.2) is 40.9 Å². The van der Waals surface area contributed by atoms with Crippen LogP contribution in [0.2, 0.25) is 0 Å². The molecular formula is C21H24ClF3N2O4. The molecule has 1 fully saturated rings. The summed E-state index contributed by atoms with van der Waals surface area (Å²) in [6.45, 7) is 0. The van der Waals surface area contributed by atoms with Gasteiger partial charge in [0.1, 0.15) is 5.75 Å². The van der Waals surface area contributed by atoms with Gasteiger partial charge in [0.15, 0.2) is 6.35 Å². The van der Waals surface area contributed by atoms with E-state index in [2.05, 4.69) is 10.6 Å². The van der Waals surface area contributed by atoms with Crippen LogP contribution >= 0.6 is 11.6 Å². The predicted octanol–water partition coefficient (Wildman–Crippen LogP) is 4.26. The summed E-state index contributed by atoms with van der Waals surface area (Å²) in [4.78, 5) is 10.9. The van der Waals surface area contributed by atoms with Crippen LogP contribution in [0.4, 0.5) is 13.2 Å². The lowest BCUT2D eigenvalue weighted by molar-refractivity contribution is -0.0891. The standard InChI is InChI=1S/C21H24ClF3N2O4/c22-18-10-5-14(11-17(18)21(23,24)25)27-20(30)26-13-3-8-16(9-4-13)31-15-6-1-12(2-7-15)19(28)29/h1-2,6-7,11,13,16,20,26-27,30H,3-5,8-10H2,(H,28,29). The lowest BCUT2D eigenvalue weighted by Gasteiger charge is -2.32. The summed E-state index contributed by atoms with van der Waals surface area (Å²) in [5, 5.41) is 24.6. The number of nitrogens with one attached hydrogen (secondary N) is 2. The zero-order valence-electron chi connectivity index (χ0n) is 16.6. The van der Waals surface area contributed by atoms with Crippen molar-refractivity contribution in [2.24, 2.45) is 0 Å². The van der Waals surface area contributed by atoms with Crippen LogP contribution in [0.3, 0.4) is 0 Å². The van der Waals surface area contributed by atoms with E-state index in [0.717, 1.165) is 31.8 Å². The lowest BCUT2D eigenvalue weighted by atomic mass is 9.93. The van der Waals surface area contributed by atoms with Crippen LogP contribution in [0.1, 0.15) is 48.9 Å². The number of carbonyl (C=O) groups is 1. The van der Waals surface area contributed by atoms with E-state index in [9.17, 15) is 23.1 Å². The minimum Gasteiger partial charge on any atom is -0.490 e. The molecule has 0 amide bonds. The average molecular weight is 461 g/mol. The molecular weight excluding hydrogens is 437 g/mol. The number of hydrogen-bond acceptors (Lipinski definition) is 5. The van der Waals surface area contributed by atoms with Crippen LogP contribution in [-0.2, 0) is 0 Å². The third-order valence-corrected chi connectivity index (χ3v) is 5.72. The number of aromatic carboxylic acids is 1. The first-order valence-corrected chi connectivity index (χ1v) is 10.4. The van der Waals surface area contributed by atoms with E-state index in [0.29, 0.717) is 12.2 Å². The van der Waals surface area contributed by atoms with Crippen molar-refractivity contribution in [3.05, 3.63) is 52.2 Å². The Morgan fingerprint density at radius 1 is 1.13 bits per heavy atom. The second-order valence-corrected chi connectivity index (χ2v) is 8.08. The molecule has 0 radical (unpaired) electrons. The molecule has 3 rings (SSSR count). The molecule has 0 spiro atoms. The predicted molar refractivity (Wildman–Crippen MR) is 109 cm³/mol. The second kappa shape index (κ2) is 9.93. The fourth-order valence-corrected chi connectivity index (χ4v) is 3.97. The van der Waals surface area contributed by atoms with Gasteiger partial charge in [-0.15, -0.1) is 0 Å². The summed E-state index contributed by atoms with van der Waals surface area (Å²) in [7, 11) is 0. The minimum absolute atomic E-state index is 0.0119. The van der Waals surface area contributed by atoms with Crippen molar-refractivity contribution in [3.8, 4) is 5.75 Å². The molecule has 1 saturated carbocycles. The van der Waals surface area contributed by atoms with Crippen molar-refractivity contribution in [1.29, 1.82) is 0 Å². The number of allylic oxidation sites excluding steroid dienone is 4. The maximum Gasteiger partial charge on any atom is 0.417 e. The van der Waals surface area contributed by atoms with E-state index >= 15 is 0 Å². The van der Waals surface area contributed by atoms with E-state index in [1.165, 1.54) is 12.1 Å². The quantitative estimate of drug-likeness (QED) is 0.454. The Kier molecular flexibility index (Phi) is 7.51. The van der Waals surface area contributed by atoms with E-state index in [1.54, 1.807) is 12.1 Å². The lowest BCUT2D eigenvalue weighted by Crippen LogP contribution is -2.48. The minimum atomic E-state index is -4.53.